The summed E-state index contributed by atoms with van der Waals surface area (Å²) in [6, 6.07) is 0. The molecule has 0 amide bonds. The van der Waals surface area contributed by atoms with E-state index in [0.717, 1.165) is 31.0 Å². The van der Waals surface area contributed by atoms with Crippen molar-refractivity contribution in [2.45, 2.75) is 52.0 Å². The number of anilines is 1. The van der Waals surface area contributed by atoms with Crippen LogP contribution in [-0.4, -0.2) is 16.3 Å². The van der Waals surface area contributed by atoms with Crippen LogP contribution in [0.25, 0.3) is 0 Å². The van der Waals surface area contributed by atoms with Crippen LogP contribution in [0.4, 0.5) is 5.69 Å². The first kappa shape index (κ1) is 14.6. The van der Waals surface area contributed by atoms with Crippen molar-refractivity contribution in [1.82, 2.24) is 9.78 Å². The highest BCUT2D eigenvalue weighted by molar-refractivity contribution is 9.10. The topological polar surface area (TPSA) is 46.9 Å². The maximum Gasteiger partial charge on any atom is 0.283 e. The van der Waals surface area contributed by atoms with Crippen LogP contribution < -0.4 is 10.9 Å². The summed E-state index contributed by atoms with van der Waals surface area (Å²) in [7, 11) is 0. The molecule has 0 bridgehead atoms. The minimum atomic E-state index is -0.0372. The average molecular weight is 328 g/mol. The van der Waals surface area contributed by atoms with Gasteiger partial charge in [-0.3, -0.25) is 4.79 Å². The molecular weight excluding hydrogens is 306 g/mol. The van der Waals surface area contributed by atoms with E-state index in [9.17, 15) is 4.79 Å². The summed E-state index contributed by atoms with van der Waals surface area (Å²) in [6.45, 7) is 3.74. The molecule has 1 saturated carbocycles. The molecule has 2 rings (SSSR count). The fraction of sp³-hybridized carbons (Fsp3) is 0.714. The normalized spacial score (nSPS) is 15.9. The average Bonchev–Trinajstić information content (AvgIpc) is 2.92. The molecule has 0 aliphatic heterocycles. The number of halogens is 1. The molecule has 4 nitrogen and oxygen atoms in total. The number of nitrogens with one attached hydrogen (secondary N) is 1. The minimum absolute atomic E-state index is 0.0372. The van der Waals surface area contributed by atoms with Crippen LogP contribution in [0, 0.1) is 5.92 Å². The third-order valence-corrected chi connectivity index (χ3v) is 4.53. The molecular formula is C14H22BrN3O. The lowest BCUT2D eigenvalue weighted by atomic mass is 10.1. The van der Waals surface area contributed by atoms with Crippen molar-refractivity contribution in [2.24, 2.45) is 5.92 Å². The zero-order chi connectivity index (χ0) is 13.7. The van der Waals surface area contributed by atoms with Gasteiger partial charge >= 0.3 is 0 Å². The van der Waals surface area contributed by atoms with E-state index in [4.69, 9.17) is 0 Å². The molecule has 0 unspecified atom stereocenters. The number of hydrogen-bond acceptors (Lipinski definition) is 3. The van der Waals surface area contributed by atoms with Crippen LogP contribution in [0.2, 0.25) is 0 Å². The van der Waals surface area contributed by atoms with Gasteiger partial charge in [-0.2, -0.15) is 5.10 Å². The van der Waals surface area contributed by atoms with Crippen molar-refractivity contribution in [3.05, 3.63) is 21.0 Å². The molecule has 1 heterocycles. The molecule has 0 saturated heterocycles. The largest absolute Gasteiger partial charge is 0.382 e. The minimum Gasteiger partial charge on any atom is -0.382 e. The Bertz CT molecular complexity index is 466. The Labute approximate surface area is 122 Å². The van der Waals surface area contributed by atoms with Gasteiger partial charge in [-0.25, -0.2) is 4.68 Å². The first-order chi connectivity index (χ1) is 9.22. The van der Waals surface area contributed by atoms with Gasteiger partial charge in [0.25, 0.3) is 5.56 Å². The zero-order valence-corrected chi connectivity index (χ0v) is 13.1. The van der Waals surface area contributed by atoms with Crippen LogP contribution in [0.15, 0.2) is 15.5 Å². The number of nitrogens with zero attached hydrogens (tertiary/aromatic N) is 2. The molecule has 106 valence electrons. The van der Waals surface area contributed by atoms with E-state index < -0.39 is 0 Å². The van der Waals surface area contributed by atoms with Gasteiger partial charge in [0.05, 0.1) is 11.9 Å². The van der Waals surface area contributed by atoms with Crippen molar-refractivity contribution in [1.29, 1.82) is 0 Å². The monoisotopic (exact) mass is 327 g/mol. The van der Waals surface area contributed by atoms with Gasteiger partial charge in [0.2, 0.25) is 0 Å². The fourth-order valence-corrected chi connectivity index (χ4v) is 2.97. The van der Waals surface area contributed by atoms with Gasteiger partial charge in [-0.05, 0) is 41.1 Å². The fourth-order valence-electron chi connectivity index (χ4n) is 2.52. The molecule has 1 fully saturated rings. The third-order valence-electron chi connectivity index (χ3n) is 3.76. The molecule has 1 N–H and O–H groups in total. The number of rotatable bonds is 6. The van der Waals surface area contributed by atoms with E-state index in [2.05, 4.69) is 33.3 Å². The molecule has 0 aromatic carbocycles. The molecule has 19 heavy (non-hydrogen) atoms. The second-order valence-corrected chi connectivity index (χ2v) is 6.08. The van der Waals surface area contributed by atoms with Crippen molar-refractivity contribution in [2.75, 3.05) is 11.9 Å². The first-order valence-corrected chi connectivity index (χ1v) is 8.01. The zero-order valence-electron chi connectivity index (χ0n) is 11.5. The van der Waals surface area contributed by atoms with E-state index >= 15 is 0 Å². The Balaban J connectivity index is 2.01. The Morgan fingerprint density at radius 2 is 2.21 bits per heavy atom. The van der Waals surface area contributed by atoms with Crippen molar-refractivity contribution in [3.63, 3.8) is 0 Å². The SMILES string of the molecule is CCCCn1ncc(NCC2CCCC2)c(Br)c1=O. The number of unbranched alkanes of at least 4 members (excludes halogenated alkanes) is 1. The maximum atomic E-state index is 12.1. The van der Waals surface area contributed by atoms with E-state index in [-0.39, 0.29) is 5.56 Å². The van der Waals surface area contributed by atoms with Gasteiger partial charge < -0.3 is 5.32 Å². The summed E-state index contributed by atoms with van der Waals surface area (Å²) in [5, 5.41) is 7.59. The summed E-state index contributed by atoms with van der Waals surface area (Å²) in [6.07, 6.45) is 9.07. The molecule has 0 spiro atoms. The molecule has 5 heteroatoms. The molecule has 1 aromatic rings. The van der Waals surface area contributed by atoms with Crippen LogP contribution >= 0.6 is 15.9 Å². The second kappa shape index (κ2) is 7.08. The number of aryl methyl sites for hydroxylation is 1. The van der Waals surface area contributed by atoms with Gasteiger partial charge in [-0.15, -0.1) is 0 Å². The van der Waals surface area contributed by atoms with Gasteiger partial charge in [0, 0.05) is 13.1 Å². The lowest BCUT2D eigenvalue weighted by Gasteiger charge is -2.13. The summed E-state index contributed by atoms with van der Waals surface area (Å²) < 4.78 is 2.14. The van der Waals surface area contributed by atoms with E-state index in [1.54, 1.807) is 6.20 Å². The summed E-state index contributed by atoms with van der Waals surface area (Å²) >= 11 is 3.40. The van der Waals surface area contributed by atoms with Gasteiger partial charge in [-0.1, -0.05) is 26.2 Å². The highest BCUT2D eigenvalue weighted by atomic mass is 79.9. The quantitative estimate of drug-likeness (QED) is 0.870. The third kappa shape index (κ3) is 3.81. The Hall–Kier alpha value is -0.840. The Morgan fingerprint density at radius 3 is 2.89 bits per heavy atom. The highest BCUT2D eigenvalue weighted by Crippen LogP contribution is 2.25. The van der Waals surface area contributed by atoms with Crippen LogP contribution in [0.5, 0.6) is 0 Å². The van der Waals surface area contributed by atoms with Crippen LogP contribution in [0.3, 0.4) is 0 Å². The summed E-state index contributed by atoms with van der Waals surface area (Å²) in [4.78, 5) is 12.1. The number of hydrogen-bond donors (Lipinski definition) is 1. The molecule has 1 aliphatic carbocycles. The van der Waals surface area contributed by atoms with Gasteiger partial charge in [0.15, 0.2) is 0 Å². The van der Waals surface area contributed by atoms with Crippen LogP contribution in [0.1, 0.15) is 45.4 Å². The summed E-state index contributed by atoms with van der Waals surface area (Å²) in [5.74, 6) is 0.745. The van der Waals surface area contributed by atoms with Crippen molar-refractivity contribution < 1.29 is 0 Å². The maximum absolute atomic E-state index is 12.1. The Kier molecular flexibility index (Phi) is 5.43. The van der Waals surface area contributed by atoms with E-state index in [0.29, 0.717) is 11.0 Å². The molecule has 0 atom stereocenters. The predicted octanol–water partition coefficient (Wildman–Crippen LogP) is 3.41. The first-order valence-electron chi connectivity index (χ1n) is 7.22. The second-order valence-electron chi connectivity index (χ2n) is 5.29. The van der Waals surface area contributed by atoms with Crippen LogP contribution in [-0.2, 0) is 6.54 Å². The smallest absolute Gasteiger partial charge is 0.283 e. The highest BCUT2D eigenvalue weighted by Gasteiger charge is 2.15. The number of aromatic nitrogens is 2. The van der Waals surface area contributed by atoms with Crippen molar-refractivity contribution >= 4 is 21.6 Å². The standard InChI is InChI=1S/C14H22BrN3O/c1-2-3-8-18-14(19)13(15)12(10-17-18)16-9-11-6-4-5-7-11/h10-11,16H,2-9H2,1H3. The molecule has 1 aliphatic rings. The summed E-state index contributed by atoms with van der Waals surface area (Å²) in [5.41, 5.74) is 0.787. The lowest BCUT2D eigenvalue weighted by molar-refractivity contribution is 0.539. The molecule has 1 aromatic heterocycles. The molecule has 0 radical (unpaired) electrons. The Morgan fingerprint density at radius 1 is 1.47 bits per heavy atom. The predicted molar refractivity (Wildman–Crippen MR) is 81.6 cm³/mol. The van der Waals surface area contributed by atoms with E-state index in [1.807, 2.05) is 0 Å². The lowest BCUT2D eigenvalue weighted by Crippen LogP contribution is -2.25. The van der Waals surface area contributed by atoms with Crippen molar-refractivity contribution in [3.8, 4) is 0 Å². The van der Waals surface area contributed by atoms with E-state index in [1.165, 1.54) is 30.4 Å². The van der Waals surface area contributed by atoms with Gasteiger partial charge in [0.1, 0.15) is 4.47 Å².